The molecule has 1 N–H and O–H groups in total. The van der Waals surface area contributed by atoms with Crippen LogP contribution >= 0.6 is 0 Å². The quantitative estimate of drug-likeness (QED) is 0.424. The maximum absolute atomic E-state index is 3.21. The average molecular weight is 141 g/mol. The van der Waals surface area contributed by atoms with Gasteiger partial charge in [0.05, 0.1) is 6.67 Å². The van der Waals surface area contributed by atoms with E-state index in [0.717, 1.165) is 26.7 Å². The molecule has 10 heavy (non-hydrogen) atoms. The maximum Gasteiger partial charge on any atom is 0.235 e. The first-order valence-electron chi connectivity index (χ1n) is 3.56. The summed E-state index contributed by atoms with van der Waals surface area (Å²) in [6.45, 7) is 4.19. The van der Waals surface area contributed by atoms with Gasteiger partial charge in [0, 0.05) is 0 Å². The summed E-state index contributed by atoms with van der Waals surface area (Å²) in [4.78, 5) is 4.64. The normalized spacial score (nSPS) is 32.9. The highest BCUT2D eigenvalue weighted by atomic mass is 15.5. The predicted octanol–water partition coefficient (Wildman–Crippen LogP) is -1.29. The van der Waals surface area contributed by atoms with E-state index in [0.29, 0.717) is 0 Å². The summed E-state index contributed by atoms with van der Waals surface area (Å²) in [5.74, 6) is 0. The Labute approximate surface area is 60.7 Å². The molecule has 2 rings (SSSR count). The first kappa shape index (κ1) is 6.12. The Bertz CT molecular complexity index is 165. The van der Waals surface area contributed by atoms with Crippen LogP contribution in [-0.2, 0) is 0 Å². The Hall–Kier alpha value is -0.610. The van der Waals surface area contributed by atoms with Gasteiger partial charge in [0.2, 0.25) is 6.34 Å². The summed E-state index contributed by atoms with van der Waals surface area (Å²) in [5, 5.41) is 3.21. The Morgan fingerprint density at radius 1 is 1.50 bits per heavy atom. The van der Waals surface area contributed by atoms with Crippen LogP contribution in [0, 0.1) is 0 Å². The number of hydrogen-bond donors (Lipinski definition) is 1. The van der Waals surface area contributed by atoms with Gasteiger partial charge in [-0.1, -0.05) is 0 Å². The molecule has 0 spiro atoms. The molecule has 2 bridgehead atoms. The van der Waals surface area contributed by atoms with Crippen LogP contribution in [0.1, 0.15) is 0 Å². The molecule has 2 aliphatic heterocycles. The van der Waals surface area contributed by atoms with Gasteiger partial charge >= 0.3 is 0 Å². The van der Waals surface area contributed by atoms with E-state index in [9.17, 15) is 0 Å². The van der Waals surface area contributed by atoms with Crippen LogP contribution in [0.4, 0.5) is 0 Å². The summed E-state index contributed by atoms with van der Waals surface area (Å²) in [5.41, 5.74) is 0. The van der Waals surface area contributed by atoms with E-state index < -0.39 is 0 Å². The van der Waals surface area contributed by atoms with Crippen molar-refractivity contribution in [1.82, 2.24) is 15.1 Å². The van der Waals surface area contributed by atoms with Crippen LogP contribution in [0.3, 0.4) is 0 Å². The predicted molar refractivity (Wildman–Crippen MR) is 38.5 cm³/mol. The van der Waals surface area contributed by atoms with Crippen molar-refractivity contribution in [2.24, 2.45) is 0 Å². The molecule has 2 heterocycles. The molecule has 1 fully saturated rings. The Kier molecular flexibility index (Phi) is 1.35. The zero-order valence-corrected chi connectivity index (χ0v) is 6.25. The number of hydrogen-bond acceptors (Lipinski definition) is 3. The maximum atomic E-state index is 3.21. The third-order valence-electron chi connectivity index (χ3n) is 1.83. The van der Waals surface area contributed by atoms with Crippen LogP contribution in [0.25, 0.3) is 0 Å². The lowest BCUT2D eigenvalue weighted by molar-refractivity contribution is -0.589. The van der Waals surface area contributed by atoms with Crippen LogP contribution in [-0.4, -0.2) is 54.4 Å². The molecule has 0 aromatic carbocycles. The molecule has 0 aromatic rings. The lowest BCUT2D eigenvalue weighted by Crippen LogP contribution is -2.57. The van der Waals surface area contributed by atoms with Gasteiger partial charge < -0.3 is 0 Å². The van der Waals surface area contributed by atoms with Crippen molar-refractivity contribution < 1.29 is 4.58 Å². The molecule has 56 valence electrons. The average Bonchev–Trinajstić information content (AvgIpc) is 1.85. The third-order valence-corrected chi connectivity index (χ3v) is 1.83. The molecule has 1 atom stereocenters. The van der Waals surface area contributed by atoms with Crippen LogP contribution in [0.5, 0.6) is 0 Å². The van der Waals surface area contributed by atoms with Gasteiger partial charge in [-0.25, -0.2) is 9.48 Å². The van der Waals surface area contributed by atoms with Crippen molar-refractivity contribution in [3.8, 4) is 0 Å². The first-order chi connectivity index (χ1) is 4.84. The van der Waals surface area contributed by atoms with E-state index in [-0.39, 0.29) is 0 Å². The third kappa shape index (κ3) is 0.998. The Morgan fingerprint density at radius 2 is 2.40 bits per heavy atom. The van der Waals surface area contributed by atoms with E-state index >= 15 is 0 Å². The first-order valence-corrected chi connectivity index (χ1v) is 3.56. The monoisotopic (exact) mass is 141 g/mol. The number of fused-ring (bicyclic) bond motifs is 2. The van der Waals surface area contributed by atoms with E-state index in [4.69, 9.17) is 0 Å². The van der Waals surface area contributed by atoms with Crippen molar-refractivity contribution in [2.45, 2.75) is 0 Å². The fourth-order valence-electron chi connectivity index (χ4n) is 1.52. The number of nitrogens with one attached hydrogen (secondary N) is 1. The molecule has 0 aromatic heterocycles. The summed E-state index contributed by atoms with van der Waals surface area (Å²) in [7, 11) is 2.14. The largest absolute Gasteiger partial charge is 0.267 e. The Morgan fingerprint density at radius 3 is 3.20 bits per heavy atom. The zero-order valence-electron chi connectivity index (χ0n) is 6.25. The lowest BCUT2D eigenvalue weighted by atomic mass is 10.5. The fourth-order valence-corrected chi connectivity index (χ4v) is 1.52. The van der Waals surface area contributed by atoms with Gasteiger partial charge in [0.1, 0.15) is 20.0 Å². The van der Waals surface area contributed by atoms with Gasteiger partial charge in [-0.05, 0) is 7.05 Å². The van der Waals surface area contributed by atoms with E-state index in [2.05, 4.69) is 33.1 Å². The number of nitrogens with zero attached hydrogens (tertiary/aromatic N) is 3. The lowest BCUT2D eigenvalue weighted by Gasteiger charge is -2.34. The summed E-state index contributed by atoms with van der Waals surface area (Å²) in [6.07, 6.45) is 2.06. The van der Waals surface area contributed by atoms with Crippen molar-refractivity contribution in [1.29, 1.82) is 0 Å². The van der Waals surface area contributed by atoms with Crippen LogP contribution < -0.4 is 5.32 Å². The summed E-state index contributed by atoms with van der Waals surface area (Å²) >= 11 is 0. The van der Waals surface area contributed by atoms with Crippen LogP contribution in [0.15, 0.2) is 0 Å². The second-order valence-electron chi connectivity index (χ2n) is 3.03. The highest BCUT2D eigenvalue weighted by molar-refractivity contribution is 5.48. The molecule has 0 saturated carbocycles. The van der Waals surface area contributed by atoms with Gasteiger partial charge in [-0.3, -0.25) is 10.2 Å². The highest BCUT2D eigenvalue weighted by Crippen LogP contribution is 2.00. The van der Waals surface area contributed by atoms with Crippen molar-refractivity contribution >= 4 is 6.34 Å². The second-order valence-corrected chi connectivity index (χ2v) is 3.03. The van der Waals surface area contributed by atoms with Gasteiger partial charge in [0.25, 0.3) is 0 Å². The van der Waals surface area contributed by atoms with Crippen molar-refractivity contribution in [2.75, 3.05) is 33.7 Å². The topological polar surface area (TPSA) is 21.5 Å². The highest BCUT2D eigenvalue weighted by Gasteiger charge is 2.23. The molecule has 0 radical (unpaired) electrons. The summed E-state index contributed by atoms with van der Waals surface area (Å²) < 4.78 is 2.26. The SMILES string of the molecule is CN1CN2CNC=[N+](C1)C2. The van der Waals surface area contributed by atoms with Gasteiger partial charge in [-0.2, -0.15) is 0 Å². The van der Waals surface area contributed by atoms with Crippen molar-refractivity contribution in [3.05, 3.63) is 0 Å². The molecule has 0 amide bonds. The summed E-state index contributed by atoms with van der Waals surface area (Å²) in [6, 6.07) is 0. The minimum absolute atomic E-state index is 0.987. The minimum atomic E-state index is 0.987. The minimum Gasteiger partial charge on any atom is -0.267 e. The molecular formula is C6H13N4+. The van der Waals surface area contributed by atoms with Crippen LogP contribution in [0.2, 0.25) is 0 Å². The van der Waals surface area contributed by atoms with E-state index in [1.54, 1.807) is 0 Å². The fraction of sp³-hybridized carbons (Fsp3) is 0.833. The van der Waals surface area contributed by atoms with E-state index in [1.165, 1.54) is 0 Å². The standard InChI is InChI=1S/C6H12N4/c1-8-4-9-2-7-3-10(5-8)6-9/h2H,3-6H2,1H3/p+1. The van der Waals surface area contributed by atoms with E-state index in [1.807, 2.05) is 0 Å². The number of rotatable bonds is 0. The Balaban J connectivity index is 2.12. The van der Waals surface area contributed by atoms with Gasteiger partial charge in [-0.15, -0.1) is 0 Å². The van der Waals surface area contributed by atoms with Crippen molar-refractivity contribution in [3.63, 3.8) is 0 Å². The molecule has 0 aliphatic carbocycles. The van der Waals surface area contributed by atoms with Gasteiger partial charge in [0.15, 0.2) is 0 Å². The molecule has 4 nitrogen and oxygen atoms in total. The second kappa shape index (κ2) is 2.21. The molecule has 1 saturated heterocycles. The molecule has 1 unspecified atom stereocenters. The smallest absolute Gasteiger partial charge is 0.235 e. The zero-order chi connectivity index (χ0) is 6.97. The molecule has 4 heteroatoms. The molecular weight excluding hydrogens is 128 g/mol. The molecule has 2 aliphatic rings.